The van der Waals surface area contributed by atoms with Crippen LogP contribution in [0.1, 0.15) is 0 Å². The molecule has 1 rings (SSSR count). The Kier molecular flexibility index (Phi) is 3.59. The standard InChI is InChI=1S/C3H3NS.Zn/c1-2-5-3-4-1;/h1-3H;. The van der Waals surface area contributed by atoms with E-state index in [1.54, 1.807) is 23.0 Å². The van der Waals surface area contributed by atoms with Crippen LogP contribution in [0.5, 0.6) is 0 Å². The Balaban J connectivity index is 0.000000250. The van der Waals surface area contributed by atoms with Gasteiger partial charge in [0, 0.05) is 31.1 Å². The van der Waals surface area contributed by atoms with Gasteiger partial charge in [-0.25, -0.2) is 0 Å². The molecule has 1 aromatic rings. The summed E-state index contributed by atoms with van der Waals surface area (Å²) in [5.74, 6) is 0. The van der Waals surface area contributed by atoms with Crippen molar-refractivity contribution in [3.05, 3.63) is 17.1 Å². The van der Waals surface area contributed by atoms with E-state index in [2.05, 4.69) is 4.98 Å². The van der Waals surface area contributed by atoms with Crippen LogP contribution in [0.15, 0.2) is 17.1 Å². The molecule has 0 atom stereocenters. The molecule has 6 heavy (non-hydrogen) atoms. The Hall–Kier alpha value is 0.253. The van der Waals surface area contributed by atoms with Gasteiger partial charge in [-0.15, -0.1) is 11.3 Å². The van der Waals surface area contributed by atoms with Crippen molar-refractivity contribution in [3.8, 4) is 0 Å². The second-order valence-corrected chi connectivity index (χ2v) is 1.43. The summed E-state index contributed by atoms with van der Waals surface area (Å²) >= 11 is 1.60. The number of thiazole rings is 1. The number of hydrogen-bond donors (Lipinski definition) is 0. The predicted molar refractivity (Wildman–Crippen MR) is 22.1 cm³/mol. The SMILES string of the molecule is [Zn].c1cscn1. The molecule has 0 saturated carbocycles. The van der Waals surface area contributed by atoms with Gasteiger partial charge in [-0.1, -0.05) is 0 Å². The average molecular weight is 151 g/mol. The summed E-state index contributed by atoms with van der Waals surface area (Å²) in [7, 11) is 0. The van der Waals surface area contributed by atoms with E-state index >= 15 is 0 Å². The second-order valence-electron chi connectivity index (χ2n) is 0.676. The fourth-order valence-electron chi connectivity index (χ4n) is 0.176. The first kappa shape index (κ1) is 6.25. The minimum atomic E-state index is 0. The van der Waals surface area contributed by atoms with E-state index in [0.29, 0.717) is 0 Å². The van der Waals surface area contributed by atoms with Crippen LogP contribution in [0.3, 0.4) is 0 Å². The molecule has 0 aromatic carbocycles. The van der Waals surface area contributed by atoms with Crippen LogP contribution in [0.25, 0.3) is 0 Å². The zero-order valence-corrected chi connectivity index (χ0v) is 7.08. The van der Waals surface area contributed by atoms with Crippen molar-refractivity contribution in [2.45, 2.75) is 0 Å². The molecule has 0 saturated heterocycles. The summed E-state index contributed by atoms with van der Waals surface area (Å²) in [6.07, 6.45) is 1.77. The zero-order chi connectivity index (χ0) is 3.54. The Morgan fingerprint density at radius 2 is 2.33 bits per heavy atom. The van der Waals surface area contributed by atoms with Crippen molar-refractivity contribution in [1.29, 1.82) is 0 Å². The summed E-state index contributed by atoms with van der Waals surface area (Å²) < 4.78 is 0. The van der Waals surface area contributed by atoms with Gasteiger partial charge in [0.2, 0.25) is 0 Å². The van der Waals surface area contributed by atoms with Crippen molar-refractivity contribution in [2.24, 2.45) is 0 Å². The molecule has 0 amide bonds. The van der Waals surface area contributed by atoms with Gasteiger partial charge in [0.15, 0.2) is 0 Å². The largest absolute Gasteiger partial charge is 0.253 e. The molecule has 1 heterocycles. The molecule has 0 bridgehead atoms. The van der Waals surface area contributed by atoms with Crippen molar-refractivity contribution >= 4 is 11.3 Å². The molecule has 1 nitrogen and oxygen atoms in total. The third-order valence-electron chi connectivity index (χ3n) is 0.347. The summed E-state index contributed by atoms with van der Waals surface area (Å²) in [6, 6.07) is 0. The van der Waals surface area contributed by atoms with Crippen LogP contribution in [0.2, 0.25) is 0 Å². The van der Waals surface area contributed by atoms with Crippen LogP contribution in [-0.4, -0.2) is 4.98 Å². The van der Waals surface area contributed by atoms with E-state index < -0.39 is 0 Å². The maximum absolute atomic E-state index is 3.74. The van der Waals surface area contributed by atoms with E-state index in [0.717, 1.165) is 0 Å². The van der Waals surface area contributed by atoms with E-state index in [1.165, 1.54) is 0 Å². The first-order valence-electron chi connectivity index (χ1n) is 1.32. The maximum atomic E-state index is 3.74. The first-order valence-corrected chi connectivity index (χ1v) is 2.26. The van der Waals surface area contributed by atoms with Gasteiger partial charge < -0.3 is 0 Å². The second kappa shape index (κ2) is 3.44. The van der Waals surface area contributed by atoms with Crippen LogP contribution in [-0.2, 0) is 19.5 Å². The fourth-order valence-corrected chi connectivity index (χ4v) is 0.527. The molecule has 3 heteroatoms. The van der Waals surface area contributed by atoms with Gasteiger partial charge in [-0.2, -0.15) is 0 Å². The van der Waals surface area contributed by atoms with Gasteiger partial charge in [0.05, 0.1) is 5.51 Å². The van der Waals surface area contributed by atoms with Gasteiger partial charge in [-0.05, 0) is 0 Å². The fraction of sp³-hybridized carbons (Fsp3) is 0. The minimum absolute atomic E-state index is 0. The van der Waals surface area contributed by atoms with Gasteiger partial charge in [-0.3, -0.25) is 4.98 Å². The monoisotopic (exact) mass is 149 g/mol. The maximum Gasteiger partial charge on any atom is 0.0791 e. The molecule has 0 aliphatic rings. The Labute approximate surface area is 53.2 Å². The van der Waals surface area contributed by atoms with Crippen molar-refractivity contribution < 1.29 is 19.5 Å². The molecule has 0 aliphatic carbocycles. The number of rotatable bonds is 0. The quantitative estimate of drug-likeness (QED) is 0.506. The van der Waals surface area contributed by atoms with Crippen molar-refractivity contribution in [2.75, 3.05) is 0 Å². The molecule has 0 unspecified atom stereocenters. The van der Waals surface area contributed by atoms with Gasteiger partial charge in [0.25, 0.3) is 0 Å². The molecule has 0 N–H and O–H groups in total. The Bertz CT molecular complexity index is 67.3. The van der Waals surface area contributed by atoms with Crippen LogP contribution in [0, 0.1) is 0 Å². The Morgan fingerprint density at radius 3 is 2.50 bits per heavy atom. The number of nitrogens with zero attached hydrogens (tertiary/aromatic N) is 1. The predicted octanol–water partition coefficient (Wildman–Crippen LogP) is 1.14. The van der Waals surface area contributed by atoms with Crippen molar-refractivity contribution in [3.63, 3.8) is 0 Å². The molecule has 0 aliphatic heterocycles. The molecule has 28 valence electrons. The molecular weight excluding hydrogens is 147 g/mol. The normalized spacial score (nSPS) is 6.67. The van der Waals surface area contributed by atoms with E-state index in [1.807, 2.05) is 5.38 Å². The number of hydrogen-bond acceptors (Lipinski definition) is 2. The van der Waals surface area contributed by atoms with Crippen LogP contribution >= 0.6 is 11.3 Å². The molecule has 1 aromatic heterocycles. The summed E-state index contributed by atoms with van der Waals surface area (Å²) in [5, 5.41) is 1.93. The summed E-state index contributed by atoms with van der Waals surface area (Å²) in [6.45, 7) is 0. The average Bonchev–Trinajstić information content (AvgIpc) is 1.76. The summed E-state index contributed by atoms with van der Waals surface area (Å²) in [5.41, 5.74) is 1.79. The zero-order valence-electron chi connectivity index (χ0n) is 3.29. The molecule has 0 spiro atoms. The third-order valence-corrected chi connectivity index (χ3v) is 0.869. The topological polar surface area (TPSA) is 12.9 Å². The molecular formula is C3H3NSZn. The van der Waals surface area contributed by atoms with E-state index in [9.17, 15) is 0 Å². The van der Waals surface area contributed by atoms with E-state index in [-0.39, 0.29) is 19.5 Å². The smallest absolute Gasteiger partial charge is 0.0791 e. The third kappa shape index (κ3) is 1.63. The van der Waals surface area contributed by atoms with Crippen LogP contribution in [0.4, 0.5) is 0 Å². The van der Waals surface area contributed by atoms with E-state index in [4.69, 9.17) is 0 Å². The van der Waals surface area contributed by atoms with Gasteiger partial charge >= 0.3 is 0 Å². The van der Waals surface area contributed by atoms with Crippen LogP contribution < -0.4 is 0 Å². The Morgan fingerprint density at radius 1 is 1.50 bits per heavy atom. The molecule has 0 fully saturated rings. The molecule has 0 radical (unpaired) electrons. The summed E-state index contributed by atoms with van der Waals surface area (Å²) in [4.78, 5) is 3.74. The first-order chi connectivity index (χ1) is 2.50. The van der Waals surface area contributed by atoms with Crippen molar-refractivity contribution in [1.82, 2.24) is 4.98 Å². The minimum Gasteiger partial charge on any atom is -0.253 e. The van der Waals surface area contributed by atoms with Gasteiger partial charge in [0.1, 0.15) is 0 Å². The number of aromatic nitrogens is 1.